The highest BCUT2D eigenvalue weighted by atomic mass is 79.9. The van der Waals surface area contributed by atoms with E-state index in [2.05, 4.69) is 21.2 Å². The highest BCUT2D eigenvalue weighted by Gasteiger charge is 2.04. The molecule has 0 bridgehead atoms. The van der Waals surface area contributed by atoms with Crippen molar-refractivity contribution < 1.29 is 8.78 Å². The molecule has 0 aromatic heterocycles. The Balaban J connectivity index is 2.10. The topological polar surface area (TPSA) is 35.8 Å². The summed E-state index contributed by atoms with van der Waals surface area (Å²) in [6, 6.07) is 10.9. The molecule has 2 aromatic rings. The standard InChI is InChI=1S/C14H9BrF2N2/c15-11-5-9(7-18)2-4-14(11)19-8-10-1-3-12(16)13(17)6-10/h1-6,19H,8H2. The van der Waals surface area contributed by atoms with E-state index in [1.54, 1.807) is 18.2 Å². The zero-order chi connectivity index (χ0) is 13.8. The Morgan fingerprint density at radius 3 is 2.53 bits per heavy atom. The van der Waals surface area contributed by atoms with Gasteiger partial charge in [0.25, 0.3) is 0 Å². The fourth-order valence-electron chi connectivity index (χ4n) is 1.57. The number of hydrogen-bond acceptors (Lipinski definition) is 2. The van der Waals surface area contributed by atoms with Crippen LogP contribution < -0.4 is 5.32 Å². The number of rotatable bonds is 3. The van der Waals surface area contributed by atoms with Gasteiger partial charge in [0.2, 0.25) is 0 Å². The van der Waals surface area contributed by atoms with E-state index in [-0.39, 0.29) is 0 Å². The first-order valence-electron chi connectivity index (χ1n) is 5.47. The molecule has 0 heterocycles. The molecule has 0 unspecified atom stereocenters. The summed E-state index contributed by atoms with van der Waals surface area (Å²) in [5.41, 5.74) is 1.96. The van der Waals surface area contributed by atoms with Crippen LogP contribution in [0.4, 0.5) is 14.5 Å². The van der Waals surface area contributed by atoms with Crippen LogP contribution in [-0.4, -0.2) is 0 Å². The predicted molar refractivity (Wildman–Crippen MR) is 72.5 cm³/mol. The number of anilines is 1. The molecule has 0 amide bonds. The summed E-state index contributed by atoms with van der Waals surface area (Å²) >= 11 is 3.34. The average Bonchev–Trinajstić information content (AvgIpc) is 2.41. The van der Waals surface area contributed by atoms with E-state index >= 15 is 0 Å². The van der Waals surface area contributed by atoms with Crippen LogP contribution in [-0.2, 0) is 6.54 Å². The van der Waals surface area contributed by atoms with Gasteiger partial charge in [-0.1, -0.05) is 6.07 Å². The number of halogens is 3. The molecule has 0 saturated heterocycles. The summed E-state index contributed by atoms with van der Waals surface area (Å²) in [5.74, 6) is -1.72. The summed E-state index contributed by atoms with van der Waals surface area (Å²) in [5, 5.41) is 11.8. The minimum Gasteiger partial charge on any atom is -0.380 e. The van der Waals surface area contributed by atoms with Crippen LogP contribution in [0.15, 0.2) is 40.9 Å². The van der Waals surface area contributed by atoms with E-state index in [0.29, 0.717) is 17.7 Å². The second-order valence-corrected chi connectivity index (χ2v) is 4.76. The van der Waals surface area contributed by atoms with Crippen molar-refractivity contribution in [2.45, 2.75) is 6.54 Å². The maximum Gasteiger partial charge on any atom is 0.159 e. The molecule has 0 spiro atoms. The Bertz CT molecular complexity index is 650. The smallest absolute Gasteiger partial charge is 0.159 e. The predicted octanol–water partition coefficient (Wildman–Crippen LogP) is 4.21. The molecule has 0 fully saturated rings. The molecule has 0 saturated carbocycles. The van der Waals surface area contributed by atoms with E-state index < -0.39 is 11.6 Å². The molecule has 96 valence electrons. The Hall–Kier alpha value is -1.93. The Morgan fingerprint density at radius 2 is 1.89 bits per heavy atom. The first-order valence-corrected chi connectivity index (χ1v) is 6.27. The summed E-state index contributed by atoms with van der Waals surface area (Å²) in [6.07, 6.45) is 0. The van der Waals surface area contributed by atoms with Gasteiger partial charge < -0.3 is 5.32 Å². The van der Waals surface area contributed by atoms with Crippen molar-refractivity contribution in [2.24, 2.45) is 0 Å². The molecule has 2 rings (SSSR count). The average molecular weight is 323 g/mol. The fraction of sp³-hybridized carbons (Fsp3) is 0.0714. The molecular formula is C14H9BrF2N2. The maximum absolute atomic E-state index is 13.0. The SMILES string of the molecule is N#Cc1ccc(NCc2ccc(F)c(F)c2)c(Br)c1. The molecule has 0 atom stereocenters. The van der Waals surface area contributed by atoms with Crippen molar-refractivity contribution in [1.29, 1.82) is 5.26 Å². The van der Waals surface area contributed by atoms with Crippen LogP contribution in [0.1, 0.15) is 11.1 Å². The lowest BCUT2D eigenvalue weighted by atomic mass is 10.2. The van der Waals surface area contributed by atoms with E-state index in [9.17, 15) is 8.78 Å². The van der Waals surface area contributed by atoms with Gasteiger partial charge in [-0.25, -0.2) is 8.78 Å². The van der Waals surface area contributed by atoms with Gasteiger partial charge >= 0.3 is 0 Å². The Morgan fingerprint density at radius 1 is 1.11 bits per heavy atom. The van der Waals surface area contributed by atoms with Crippen molar-refractivity contribution in [1.82, 2.24) is 0 Å². The van der Waals surface area contributed by atoms with Crippen LogP contribution in [0.25, 0.3) is 0 Å². The second-order valence-electron chi connectivity index (χ2n) is 3.91. The number of nitrogens with one attached hydrogen (secondary N) is 1. The molecule has 0 aliphatic heterocycles. The van der Waals surface area contributed by atoms with Crippen LogP contribution in [0.2, 0.25) is 0 Å². The number of hydrogen-bond donors (Lipinski definition) is 1. The summed E-state index contributed by atoms with van der Waals surface area (Å²) in [6.45, 7) is 0.363. The number of nitriles is 1. The van der Waals surface area contributed by atoms with Crippen LogP contribution in [0.5, 0.6) is 0 Å². The summed E-state index contributed by atoms with van der Waals surface area (Å²) in [7, 11) is 0. The summed E-state index contributed by atoms with van der Waals surface area (Å²) in [4.78, 5) is 0. The molecule has 0 radical (unpaired) electrons. The summed E-state index contributed by atoms with van der Waals surface area (Å²) < 4.78 is 26.6. The third-order valence-electron chi connectivity index (χ3n) is 2.57. The van der Waals surface area contributed by atoms with Gasteiger partial charge in [-0.3, -0.25) is 0 Å². The monoisotopic (exact) mass is 322 g/mol. The van der Waals surface area contributed by atoms with Crippen LogP contribution in [0.3, 0.4) is 0 Å². The highest BCUT2D eigenvalue weighted by Crippen LogP contribution is 2.24. The fourth-order valence-corrected chi connectivity index (χ4v) is 2.09. The molecule has 1 N–H and O–H groups in total. The molecule has 19 heavy (non-hydrogen) atoms. The lowest BCUT2D eigenvalue weighted by molar-refractivity contribution is 0.507. The van der Waals surface area contributed by atoms with E-state index in [1.807, 2.05) is 6.07 Å². The van der Waals surface area contributed by atoms with Crippen molar-refractivity contribution in [2.75, 3.05) is 5.32 Å². The minimum absolute atomic E-state index is 0.363. The number of benzene rings is 2. The van der Waals surface area contributed by atoms with Gasteiger partial charge in [-0.05, 0) is 51.8 Å². The van der Waals surface area contributed by atoms with Crippen molar-refractivity contribution in [3.63, 3.8) is 0 Å². The normalized spacial score (nSPS) is 10.0. The molecular weight excluding hydrogens is 314 g/mol. The first kappa shape index (κ1) is 13.5. The van der Waals surface area contributed by atoms with Gasteiger partial charge in [0, 0.05) is 16.7 Å². The third-order valence-corrected chi connectivity index (χ3v) is 3.22. The Labute approximate surface area is 117 Å². The Kier molecular flexibility index (Phi) is 4.13. The van der Waals surface area contributed by atoms with Gasteiger partial charge in [0.1, 0.15) is 0 Å². The van der Waals surface area contributed by atoms with Gasteiger partial charge in [-0.2, -0.15) is 5.26 Å². The first-order chi connectivity index (χ1) is 9.10. The zero-order valence-corrected chi connectivity index (χ0v) is 11.3. The quantitative estimate of drug-likeness (QED) is 0.918. The van der Waals surface area contributed by atoms with Gasteiger partial charge in [0.05, 0.1) is 11.6 Å². The van der Waals surface area contributed by atoms with Gasteiger partial charge in [-0.15, -0.1) is 0 Å². The molecule has 5 heteroatoms. The lowest BCUT2D eigenvalue weighted by Crippen LogP contribution is -2.01. The highest BCUT2D eigenvalue weighted by molar-refractivity contribution is 9.10. The maximum atomic E-state index is 13.0. The van der Waals surface area contributed by atoms with Crippen LogP contribution >= 0.6 is 15.9 Å². The van der Waals surface area contributed by atoms with Gasteiger partial charge in [0.15, 0.2) is 11.6 Å². The molecule has 0 aliphatic rings. The molecule has 0 aliphatic carbocycles. The molecule has 2 aromatic carbocycles. The lowest BCUT2D eigenvalue weighted by Gasteiger charge is -2.09. The zero-order valence-electron chi connectivity index (χ0n) is 9.75. The van der Waals surface area contributed by atoms with Crippen molar-refractivity contribution in [3.05, 3.63) is 63.6 Å². The third kappa shape index (κ3) is 3.30. The largest absolute Gasteiger partial charge is 0.380 e. The van der Waals surface area contributed by atoms with Crippen molar-refractivity contribution in [3.8, 4) is 6.07 Å². The second kappa shape index (κ2) is 5.81. The van der Waals surface area contributed by atoms with E-state index in [4.69, 9.17) is 5.26 Å². The number of nitrogens with zero attached hydrogens (tertiary/aromatic N) is 1. The van der Waals surface area contributed by atoms with E-state index in [0.717, 1.165) is 22.3 Å². The van der Waals surface area contributed by atoms with E-state index in [1.165, 1.54) is 6.07 Å². The van der Waals surface area contributed by atoms with Crippen LogP contribution in [0, 0.1) is 23.0 Å². The molecule has 2 nitrogen and oxygen atoms in total. The van der Waals surface area contributed by atoms with Crippen molar-refractivity contribution >= 4 is 21.6 Å². The minimum atomic E-state index is -0.863.